The first-order valence-corrected chi connectivity index (χ1v) is 9.81. The molecule has 2 aromatic heterocycles. The van der Waals surface area contributed by atoms with Gasteiger partial charge in [0.25, 0.3) is 0 Å². The van der Waals surface area contributed by atoms with E-state index in [1.54, 1.807) is 30.0 Å². The van der Waals surface area contributed by atoms with Crippen LogP contribution in [0.4, 0.5) is 4.39 Å². The smallest absolute Gasteiger partial charge is 0.150 e. The molecule has 0 atom stereocenters. The molecule has 6 nitrogen and oxygen atoms in total. The molecule has 0 bridgehead atoms. The molecule has 4 rings (SSSR count). The molecule has 7 heteroatoms. The quantitative estimate of drug-likeness (QED) is 0.466. The summed E-state index contributed by atoms with van der Waals surface area (Å²) in [5.74, 6) is 1.22. The summed E-state index contributed by atoms with van der Waals surface area (Å²) in [5.41, 5.74) is 3.98. The van der Waals surface area contributed by atoms with Gasteiger partial charge in [-0.05, 0) is 42.8 Å². The largest absolute Gasteiger partial charge is 0.497 e. The zero-order chi connectivity index (χ0) is 20.9. The van der Waals surface area contributed by atoms with Crippen LogP contribution in [0.1, 0.15) is 23.9 Å². The molecule has 154 valence electrons. The fraction of sp³-hybridized carbons (Fsp3) is 0.217. The summed E-state index contributed by atoms with van der Waals surface area (Å²) in [7, 11) is 1.63. The highest BCUT2D eigenvalue weighted by molar-refractivity contribution is 5.64. The van der Waals surface area contributed by atoms with Crippen molar-refractivity contribution >= 4 is 0 Å². The Morgan fingerprint density at radius 3 is 2.60 bits per heavy atom. The van der Waals surface area contributed by atoms with Crippen molar-refractivity contribution in [3.05, 3.63) is 83.6 Å². The lowest BCUT2D eigenvalue weighted by Crippen LogP contribution is -2.12. The van der Waals surface area contributed by atoms with E-state index in [2.05, 4.69) is 15.6 Å². The number of aromatic nitrogens is 3. The third-order valence-electron chi connectivity index (χ3n) is 4.84. The number of nitrogens with one attached hydrogen (secondary N) is 1. The van der Waals surface area contributed by atoms with Gasteiger partial charge in [0.05, 0.1) is 25.0 Å². The lowest BCUT2D eigenvalue weighted by atomic mass is 10.1. The summed E-state index contributed by atoms with van der Waals surface area (Å²) >= 11 is 0. The van der Waals surface area contributed by atoms with E-state index >= 15 is 0 Å². The molecular formula is C23H23FN4O2. The monoisotopic (exact) mass is 406 g/mol. The Kier molecular flexibility index (Phi) is 5.90. The predicted molar refractivity (Wildman–Crippen MR) is 112 cm³/mol. The van der Waals surface area contributed by atoms with Crippen LogP contribution in [0.15, 0.2) is 65.3 Å². The molecule has 0 spiro atoms. The second kappa shape index (κ2) is 8.92. The van der Waals surface area contributed by atoms with Crippen LogP contribution in [-0.2, 0) is 19.5 Å². The molecule has 4 aromatic rings. The van der Waals surface area contributed by atoms with Gasteiger partial charge in [-0.3, -0.25) is 0 Å². The number of hydrogen-bond donors (Lipinski definition) is 1. The van der Waals surface area contributed by atoms with Crippen molar-refractivity contribution in [2.45, 2.75) is 26.4 Å². The van der Waals surface area contributed by atoms with Crippen LogP contribution in [0.5, 0.6) is 5.75 Å². The maximum absolute atomic E-state index is 14.3. The molecule has 0 saturated carbocycles. The minimum Gasteiger partial charge on any atom is -0.497 e. The summed E-state index contributed by atoms with van der Waals surface area (Å²) < 4.78 is 26.5. The number of para-hydroxylation sites is 1. The van der Waals surface area contributed by atoms with Crippen LogP contribution in [0.25, 0.3) is 16.9 Å². The van der Waals surface area contributed by atoms with Gasteiger partial charge in [0.15, 0.2) is 5.76 Å². The molecule has 2 aromatic carbocycles. The first-order valence-electron chi connectivity index (χ1n) is 9.81. The number of hydrogen-bond acceptors (Lipinski definition) is 5. The second-order valence-electron chi connectivity index (χ2n) is 6.87. The van der Waals surface area contributed by atoms with Gasteiger partial charge >= 0.3 is 0 Å². The van der Waals surface area contributed by atoms with Gasteiger partial charge in [-0.1, -0.05) is 24.2 Å². The molecule has 0 radical (unpaired) electrons. The Bertz CT molecular complexity index is 1120. The first-order chi connectivity index (χ1) is 14.7. The fourth-order valence-corrected chi connectivity index (χ4v) is 3.22. The fourth-order valence-electron chi connectivity index (χ4n) is 3.22. The van der Waals surface area contributed by atoms with Crippen LogP contribution in [-0.4, -0.2) is 22.0 Å². The van der Waals surface area contributed by atoms with Crippen molar-refractivity contribution in [3.8, 4) is 22.7 Å². The summed E-state index contributed by atoms with van der Waals surface area (Å²) in [6.45, 7) is 3.12. The predicted octanol–water partition coefficient (Wildman–Crippen LogP) is 4.53. The van der Waals surface area contributed by atoms with E-state index in [0.717, 1.165) is 40.4 Å². The van der Waals surface area contributed by atoms with E-state index in [-0.39, 0.29) is 5.82 Å². The topological polar surface area (TPSA) is 65.1 Å². The molecule has 0 fully saturated rings. The lowest BCUT2D eigenvalue weighted by Gasteiger charge is -2.05. The summed E-state index contributed by atoms with van der Waals surface area (Å²) in [4.78, 5) is 0. The number of aryl methyl sites for hydroxylation is 1. The van der Waals surface area contributed by atoms with Crippen LogP contribution < -0.4 is 10.1 Å². The van der Waals surface area contributed by atoms with Gasteiger partial charge in [0, 0.05) is 29.9 Å². The molecule has 0 aliphatic heterocycles. The van der Waals surface area contributed by atoms with Crippen molar-refractivity contribution in [2.24, 2.45) is 0 Å². The molecular weight excluding hydrogens is 383 g/mol. The van der Waals surface area contributed by atoms with E-state index in [1.807, 2.05) is 43.5 Å². The van der Waals surface area contributed by atoms with Crippen LogP contribution in [0, 0.1) is 5.82 Å². The van der Waals surface area contributed by atoms with Crippen molar-refractivity contribution < 1.29 is 13.7 Å². The number of rotatable bonds is 8. The van der Waals surface area contributed by atoms with E-state index in [4.69, 9.17) is 9.26 Å². The molecule has 2 heterocycles. The first kappa shape index (κ1) is 19.8. The normalized spacial score (nSPS) is 11.0. The van der Waals surface area contributed by atoms with E-state index in [0.29, 0.717) is 18.8 Å². The second-order valence-corrected chi connectivity index (χ2v) is 6.87. The van der Waals surface area contributed by atoms with Gasteiger partial charge in [0.1, 0.15) is 17.3 Å². The zero-order valence-corrected chi connectivity index (χ0v) is 16.9. The van der Waals surface area contributed by atoms with Crippen molar-refractivity contribution in [1.82, 2.24) is 20.3 Å². The lowest BCUT2D eigenvalue weighted by molar-refractivity contribution is 0.368. The number of nitrogens with zero attached hydrogens (tertiary/aromatic N) is 3. The average molecular weight is 406 g/mol. The average Bonchev–Trinajstić information content (AvgIpc) is 3.41. The van der Waals surface area contributed by atoms with Crippen LogP contribution in [0.3, 0.4) is 0 Å². The SMILES string of the molecule is CCc1cc(CNCc2cn(-c3ccccc3F)nc2-c2ccc(OC)cc2)on1. The Hall–Kier alpha value is -3.45. The summed E-state index contributed by atoms with van der Waals surface area (Å²) in [6.07, 6.45) is 2.68. The van der Waals surface area contributed by atoms with Gasteiger partial charge < -0.3 is 14.6 Å². The molecule has 0 aliphatic carbocycles. The van der Waals surface area contributed by atoms with Gasteiger partial charge in [0.2, 0.25) is 0 Å². The van der Waals surface area contributed by atoms with E-state index < -0.39 is 0 Å². The summed E-state index contributed by atoms with van der Waals surface area (Å²) in [5, 5.41) is 12.0. The number of benzene rings is 2. The van der Waals surface area contributed by atoms with Crippen molar-refractivity contribution in [3.63, 3.8) is 0 Å². The van der Waals surface area contributed by atoms with Gasteiger partial charge in [-0.2, -0.15) is 5.10 Å². The molecule has 0 aliphatic rings. The Balaban J connectivity index is 1.61. The van der Waals surface area contributed by atoms with Gasteiger partial charge in [-0.15, -0.1) is 0 Å². The highest BCUT2D eigenvalue weighted by Crippen LogP contribution is 2.26. The molecule has 0 saturated heterocycles. The molecule has 0 unspecified atom stereocenters. The maximum atomic E-state index is 14.3. The zero-order valence-electron chi connectivity index (χ0n) is 16.9. The molecule has 0 amide bonds. The van der Waals surface area contributed by atoms with Crippen LogP contribution >= 0.6 is 0 Å². The summed E-state index contributed by atoms with van der Waals surface area (Å²) in [6, 6.07) is 16.2. The van der Waals surface area contributed by atoms with Crippen molar-refractivity contribution in [2.75, 3.05) is 7.11 Å². The Labute approximate surface area is 174 Å². The molecule has 1 N–H and O–H groups in total. The van der Waals surface area contributed by atoms with E-state index in [9.17, 15) is 4.39 Å². The third-order valence-corrected chi connectivity index (χ3v) is 4.84. The number of halogens is 1. The molecule has 30 heavy (non-hydrogen) atoms. The van der Waals surface area contributed by atoms with Gasteiger partial charge in [-0.25, -0.2) is 9.07 Å². The van der Waals surface area contributed by atoms with E-state index in [1.165, 1.54) is 6.07 Å². The highest BCUT2D eigenvalue weighted by atomic mass is 19.1. The van der Waals surface area contributed by atoms with Crippen LogP contribution in [0.2, 0.25) is 0 Å². The Morgan fingerprint density at radius 1 is 1.10 bits per heavy atom. The number of ether oxygens (including phenoxy) is 1. The number of methoxy groups -OCH3 is 1. The highest BCUT2D eigenvalue weighted by Gasteiger charge is 2.14. The minimum absolute atomic E-state index is 0.324. The Morgan fingerprint density at radius 2 is 1.90 bits per heavy atom. The standard InChI is InChI=1S/C23H23FN4O2/c1-3-18-12-20(30-27-18)14-25-13-17-15-28(22-7-5-4-6-21(22)24)26-23(17)16-8-10-19(29-2)11-9-16/h4-12,15,25H,3,13-14H2,1-2H3. The van der Waals surface area contributed by atoms with Crippen molar-refractivity contribution in [1.29, 1.82) is 0 Å². The third kappa shape index (κ3) is 4.26. The minimum atomic E-state index is -0.324. The maximum Gasteiger partial charge on any atom is 0.150 e.